The van der Waals surface area contributed by atoms with Crippen LogP contribution >= 0.6 is 11.6 Å². The summed E-state index contributed by atoms with van der Waals surface area (Å²) in [6, 6.07) is 19.1. The van der Waals surface area contributed by atoms with E-state index in [9.17, 15) is 18.0 Å². The van der Waals surface area contributed by atoms with Crippen LogP contribution < -0.4 is 5.48 Å². The molecule has 0 aliphatic carbocycles. The van der Waals surface area contributed by atoms with Crippen LogP contribution in [-0.4, -0.2) is 11.1 Å². The third kappa shape index (κ3) is 4.18. The molecule has 7 heteroatoms. The van der Waals surface area contributed by atoms with E-state index in [-0.39, 0.29) is 0 Å². The summed E-state index contributed by atoms with van der Waals surface area (Å²) < 4.78 is 38.7. The van der Waals surface area contributed by atoms with E-state index in [1.807, 2.05) is 0 Å². The van der Waals surface area contributed by atoms with Gasteiger partial charge in [0.2, 0.25) is 0 Å². The van der Waals surface area contributed by atoms with Gasteiger partial charge in [-0.1, -0.05) is 72.3 Å². The molecule has 3 aromatic rings. The molecule has 2 N–H and O–H groups in total. The van der Waals surface area contributed by atoms with Crippen molar-refractivity contribution < 1.29 is 23.2 Å². The van der Waals surface area contributed by atoms with Crippen molar-refractivity contribution >= 4 is 17.5 Å². The molecule has 0 spiro atoms. The number of hydroxylamine groups is 1. The van der Waals surface area contributed by atoms with Gasteiger partial charge in [0.05, 0.1) is 16.5 Å². The van der Waals surface area contributed by atoms with Gasteiger partial charge in [0.25, 0.3) is 5.91 Å². The molecule has 1 unspecified atom stereocenters. The Morgan fingerprint density at radius 2 is 1.54 bits per heavy atom. The van der Waals surface area contributed by atoms with Gasteiger partial charge in [0.15, 0.2) is 0 Å². The van der Waals surface area contributed by atoms with E-state index in [1.54, 1.807) is 60.1 Å². The van der Waals surface area contributed by atoms with Crippen LogP contribution in [0.15, 0.2) is 72.8 Å². The average molecular weight is 406 g/mol. The first-order chi connectivity index (χ1) is 13.3. The zero-order valence-corrected chi connectivity index (χ0v) is 15.1. The van der Waals surface area contributed by atoms with Crippen molar-refractivity contribution in [1.29, 1.82) is 0 Å². The fraction of sp³-hybridized carbons (Fsp3) is 0.0952. The minimum atomic E-state index is -4.53. The fourth-order valence-electron chi connectivity index (χ4n) is 3.03. The minimum absolute atomic E-state index is 0.400. The number of rotatable bonds is 4. The molecule has 28 heavy (non-hydrogen) atoms. The standard InChI is InChI=1S/C21H15ClF3NO2/c22-18-12-15(9-10-17(18)21(23,24)25)14-7-4-8-16(11-14)19(20(27)26-28)13-5-2-1-3-6-13/h1-12,19,28H,(H,26,27). The first-order valence-corrected chi connectivity index (χ1v) is 8.65. The molecule has 0 aromatic heterocycles. The summed E-state index contributed by atoms with van der Waals surface area (Å²) >= 11 is 5.82. The lowest BCUT2D eigenvalue weighted by molar-refractivity contribution is -0.137. The molecular formula is C21H15ClF3NO2. The molecule has 3 aromatic carbocycles. The van der Waals surface area contributed by atoms with E-state index >= 15 is 0 Å². The van der Waals surface area contributed by atoms with Gasteiger partial charge in [-0.3, -0.25) is 10.0 Å². The van der Waals surface area contributed by atoms with Gasteiger partial charge in [0, 0.05) is 0 Å². The number of carbonyl (C=O) groups is 1. The Morgan fingerprint density at radius 3 is 2.14 bits per heavy atom. The molecule has 1 atom stereocenters. The monoisotopic (exact) mass is 405 g/mol. The second-order valence-corrected chi connectivity index (χ2v) is 6.54. The Kier molecular flexibility index (Phi) is 5.72. The summed E-state index contributed by atoms with van der Waals surface area (Å²) in [7, 11) is 0. The Morgan fingerprint density at radius 1 is 0.893 bits per heavy atom. The molecule has 1 amide bonds. The van der Waals surface area contributed by atoms with E-state index in [0.717, 1.165) is 6.07 Å². The van der Waals surface area contributed by atoms with Crippen molar-refractivity contribution in [3.05, 3.63) is 94.5 Å². The molecule has 0 saturated carbocycles. The quantitative estimate of drug-likeness (QED) is 0.434. The number of amides is 1. The highest BCUT2D eigenvalue weighted by Crippen LogP contribution is 2.37. The van der Waals surface area contributed by atoms with Gasteiger partial charge < -0.3 is 0 Å². The van der Waals surface area contributed by atoms with Crippen LogP contribution in [0.5, 0.6) is 0 Å². The Balaban J connectivity index is 2.04. The summed E-state index contributed by atoms with van der Waals surface area (Å²) in [5.41, 5.74) is 3.08. The molecule has 0 heterocycles. The minimum Gasteiger partial charge on any atom is -0.289 e. The van der Waals surface area contributed by atoms with Crippen molar-refractivity contribution in [3.8, 4) is 11.1 Å². The molecule has 0 radical (unpaired) electrons. The first-order valence-electron chi connectivity index (χ1n) is 8.27. The van der Waals surface area contributed by atoms with E-state index in [2.05, 4.69) is 0 Å². The van der Waals surface area contributed by atoms with Crippen LogP contribution in [0.1, 0.15) is 22.6 Å². The van der Waals surface area contributed by atoms with Gasteiger partial charge >= 0.3 is 6.18 Å². The van der Waals surface area contributed by atoms with E-state index < -0.39 is 28.6 Å². The van der Waals surface area contributed by atoms with Crippen LogP contribution in [-0.2, 0) is 11.0 Å². The predicted molar refractivity (Wildman–Crippen MR) is 100 cm³/mol. The van der Waals surface area contributed by atoms with E-state index in [4.69, 9.17) is 16.8 Å². The van der Waals surface area contributed by atoms with E-state index in [0.29, 0.717) is 22.3 Å². The number of hydrogen-bond acceptors (Lipinski definition) is 2. The summed E-state index contributed by atoms with van der Waals surface area (Å²) in [6.45, 7) is 0. The first kappa shape index (κ1) is 19.9. The number of benzene rings is 3. The lowest BCUT2D eigenvalue weighted by atomic mass is 9.88. The maximum absolute atomic E-state index is 12.9. The maximum atomic E-state index is 12.9. The molecule has 144 valence electrons. The number of hydrogen-bond donors (Lipinski definition) is 2. The average Bonchev–Trinajstić information content (AvgIpc) is 2.68. The smallest absolute Gasteiger partial charge is 0.289 e. The topological polar surface area (TPSA) is 49.3 Å². The lowest BCUT2D eigenvalue weighted by Gasteiger charge is -2.17. The molecule has 0 fully saturated rings. The van der Waals surface area contributed by atoms with Crippen LogP contribution in [0.4, 0.5) is 13.2 Å². The van der Waals surface area contributed by atoms with Gasteiger partial charge in [-0.15, -0.1) is 0 Å². The summed E-state index contributed by atoms with van der Waals surface area (Å²) in [5, 5.41) is 8.73. The summed E-state index contributed by atoms with van der Waals surface area (Å²) in [4.78, 5) is 12.3. The number of carbonyl (C=O) groups excluding carboxylic acids is 1. The van der Waals surface area contributed by atoms with Crippen molar-refractivity contribution in [2.24, 2.45) is 0 Å². The summed E-state index contributed by atoms with van der Waals surface area (Å²) in [5.74, 6) is -1.40. The molecule has 0 aliphatic rings. The molecule has 0 bridgehead atoms. The zero-order chi connectivity index (χ0) is 20.3. The van der Waals surface area contributed by atoms with Gasteiger partial charge in [-0.2, -0.15) is 13.2 Å². The van der Waals surface area contributed by atoms with Crippen molar-refractivity contribution in [3.63, 3.8) is 0 Å². The van der Waals surface area contributed by atoms with Gasteiger partial charge in [-0.05, 0) is 34.4 Å². The third-order valence-electron chi connectivity index (χ3n) is 4.33. The molecule has 3 nitrogen and oxygen atoms in total. The second kappa shape index (κ2) is 8.04. The molecule has 0 aliphatic heterocycles. The van der Waals surface area contributed by atoms with Crippen molar-refractivity contribution in [2.75, 3.05) is 0 Å². The van der Waals surface area contributed by atoms with Crippen LogP contribution in [0, 0.1) is 0 Å². The molecule has 0 saturated heterocycles. The van der Waals surface area contributed by atoms with Crippen LogP contribution in [0.2, 0.25) is 5.02 Å². The maximum Gasteiger partial charge on any atom is 0.417 e. The largest absolute Gasteiger partial charge is 0.417 e. The van der Waals surface area contributed by atoms with Gasteiger partial charge in [0.1, 0.15) is 0 Å². The second-order valence-electron chi connectivity index (χ2n) is 6.14. The van der Waals surface area contributed by atoms with E-state index in [1.165, 1.54) is 12.1 Å². The number of alkyl halides is 3. The Labute approximate surface area is 164 Å². The molecule has 3 rings (SSSR count). The highest BCUT2D eigenvalue weighted by Gasteiger charge is 2.33. The Bertz CT molecular complexity index is 990. The number of nitrogens with one attached hydrogen (secondary N) is 1. The van der Waals surface area contributed by atoms with Crippen LogP contribution in [0.25, 0.3) is 11.1 Å². The fourth-order valence-corrected chi connectivity index (χ4v) is 3.32. The van der Waals surface area contributed by atoms with Crippen LogP contribution in [0.3, 0.4) is 0 Å². The highest BCUT2D eigenvalue weighted by atomic mass is 35.5. The SMILES string of the molecule is O=C(NO)C(c1ccccc1)c1cccc(-c2ccc(C(F)(F)F)c(Cl)c2)c1. The predicted octanol–water partition coefficient (Wildman–Crippen LogP) is 5.66. The van der Waals surface area contributed by atoms with Gasteiger partial charge in [-0.25, -0.2) is 5.48 Å². The summed E-state index contributed by atoms with van der Waals surface area (Å²) in [6.07, 6.45) is -4.53. The molecular weight excluding hydrogens is 391 g/mol. The normalized spacial score (nSPS) is 12.5. The lowest BCUT2D eigenvalue weighted by Crippen LogP contribution is -2.27. The van der Waals surface area contributed by atoms with Crippen molar-refractivity contribution in [1.82, 2.24) is 5.48 Å². The number of halogens is 4. The van der Waals surface area contributed by atoms with Crippen molar-refractivity contribution in [2.45, 2.75) is 12.1 Å². The zero-order valence-electron chi connectivity index (χ0n) is 14.4. The Hall–Kier alpha value is -2.83. The highest BCUT2D eigenvalue weighted by molar-refractivity contribution is 6.31. The third-order valence-corrected chi connectivity index (χ3v) is 4.65.